The summed E-state index contributed by atoms with van der Waals surface area (Å²) in [5.41, 5.74) is 0.388. The van der Waals surface area contributed by atoms with Crippen LogP contribution < -0.4 is 0 Å². The molecule has 13 heavy (non-hydrogen) atoms. The van der Waals surface area contributed by atoms with Crippen LogP contribution in [0.15, 0.2) is 12.3 Å². The van der Waals surface area contributed by atoms with E-state index in [1.54, 1.807) is 6.20 Å². The second kappa shape index (κ2) is 2.84. The third-order valence-electron chi connectivity index (χ3n) is 2.87. The Morgan fingerprint density at radius 1 is 1.69 bits per heavy atom. The van der Waals surface area contributed by atoms with Gasteiger partial charge in [0.1, 0.15) is 5.60 Å². The molecule has 3 heteroatoms. The lowest BCUT2D eigenvalue weighted by molar-refractivity contribution is -0.0804. The molecular weight excluding hydrogens is 164 g/mol. The molecule has 1 aromatic heterocycles. The molecule has 0 atom stereocenters. The van der Waals surface area contributed by atoms with Crippen LogP contribution in [-0.4, -0.2) is 14.9 Å². The summed E-state index contributed by atoms with van der Waals surface area (Å²) >= 11 is 0. The zero-order valence-corrected chi connectivity index (χ0v) is 8.20. The van der Waals surface area contributed by atoms with Crippen molar-refractivity contribution in [3.63, 3.8) is 0 Å². The van der Waals surface area contributed by atoms with E-state index in [9.17, 15) is 5.11 Å². The van der Waals surface area contributed by atoms with E-state index in [0.717, 1.165) is 25.1 Å². The lowest BCUT2D eigenvalue weighted by Gasteiger charge is -2.42. The van der Waals surface area contributed by atoms with E-state index in [1.807, 2.05) is 17.7 Å². The monoisotopic (exact) mass is 180 g/mol. The lowest BCUT2D eigenvalue weighted by atomic mass is 9.70. The smallest absolute Gasteiger partial charge is 0.107 e. The van der Waals surface area contributed by atoms with Crippen LogP contribution in [0.2, 0.25) is 0 Å². The van der Waals surface area contributed by atoms with Crippen LogP contribution in [-0.2, 0) is 12.1 Å². The highest BCUT2D eigenvalue weighted by Gasteiger charge is 2.43. The standard InChI is InChI=1S/C10H16N2O/c1-3-12-9(4-5-11-12)10(13)6-8(2)7-10/h4-5,8,13H,3,6-7H2,1-2H3. The van der Waals surface area contributed by atoms with E-state index >= 15 is 0 Å². The number of aromatic nitrogens is 2. The van der Waals surface area contributed by atoms with Gasteiger partial charge in [-0.1, -0.05) is 6.92 Å². The number of hydrogen-bond donors (Lipinski definition) is 1. The van der Waals surface area contributed by atoms with Gasteiger partial charge in [0.15, 0.2) is 0 Å². The minimum Gasteiger partial charge on any atom is -0.384 e. The van der Waals surface area contributed by atoms with Crippen molar-refractivity contribution in [2.45, 2.75) is 38.8 Å². The SMILES string of the molecule is CCn1nccc1C1(O)CC(C)C1. The Kier molecular flexibility index (Phi) is 1.91. The van der Waals surface area contributed by atoms with E-state index in [-0.39, 0.29) is 0 Å². The molecule has 1 aromatic rings. The molecule has 1 aliphatic rings. The molecule has 1 N–H and O–H groups in total. The van der Waals surface area contributed by atoms with Crippen molar-refractivity contribution in [2.24, 2.45) is 5.92 Å². The van der Waals surface area contributed by atoms with Crippen molar-refractivity contribution in [1.82, 2.24) is 9.78 Å². The largest absolute Gasteiger partial charge is 0.384 e. The first-order valence-electron chi connectivity index (χ1n) is 4.90. The van der Waals surface area contributed by atoms with Gasteiger partial charge in [0.05, 0.1) is 5.69 Å². The molecule has 0 amide bonds. The highest BCUT2D eigenvalue weighted by Crippen LogP contribution is 2.44. The highest BCUT2D eigenvalue weighted by atomic mass is 16.3. The maximum absolute atomic E-state index is 10.2. The van der Waals surface area contributed by atoms with Crippen LogP contribution in [0, 0.1) is 5.92 Å². The third-order valence-corrected chi connectivity index (χ3v) is 2.87. The molecule has 3 nitrogen and oxygen atoms in total. The van der Waals surface area contributed by atoms with E-state index in [0.29, 0.717) is 5.92 Å². The summed E-state index contributed by atoms with van der Waals surface area (Å²) in [7, 11) is 0. The second-order valence-corrected chi connectivity index (χ2v) is 4.08. The predicted octanol–water partition coefficient (Wildman–Crippen LogP) is 1.52. The molecule has 1 heterocycles. The molecule has 72 valence electrons. The first-order valence-corrected chi connectivity index (χ1v) is 4.90. The van der Waals surface area contributed by atoms with Gasteiger partial charge in [-0.3, -0.25) is 4.68 Å². The summed E-state index contributed by atoms with van der Waals surface area (Å²) < 4.78 is 1.88. The summed E-state index contributed by atoms with van der Waals surface area (Å²) in [6, 6.07) is 1.93. The van der Waals surface area contributed by atoms with E-state index in [2.05, 4.69) is 12.0 Å². The van der Waals surface area contributed by atoms with Crippen LogP contribution >= 0.6 is 0 Å². The Hall–Kier alpha value is -0.830. The number of nitrogens with zero attached hydrogens (tertiary/aromatic N) is 2. The molecule has 0 bridgehead atoms. The molecule has 0 radical (unpaired) electrons. The van der Waals surface area contributed by atoms with Gasteiger partial charge >= 0.3 is 0 Å². The predicted molar refractivity (Wildman–Crippen MR) is 50.2 cm³/mol. The third kappa shape index (κ3) is 1.27. The zero-order valence-electron chi connectivity index (χ0n) is 8.20. The fraction of sp³-hybridized carbons (Fsp3) is 0.700. The van der Waals surface area contributed by atoms with Crippen LogP contribution in [0.5, 0.6) is 0 Å². The lowest BCUT2D eigenvalue weighted by Crippen LogP contribution is -2.41. The van der Waals surface area contributed by atoms with Gasteiger partial charge in [-0.2, -0.15) is 5.10 Å². The van der Waals surface area contributed by atoms with Crippen molar-refractivity contribution in [3.05, 3.63) is 18.0 Å². The molecule has 0 aliphatic heterocycles. The number of hydrogen-bond acceptors (Lipinski definition) is 2. The molecule has 0 aromatic carbocycles. The van der Waals surface area contributed by atoms with Crippen LogP contribution in [0.1, 0.15) is 32.4 Å². The fourth-order valence-corrected chi connectivity index (χ4v) is 2.28. The summed E-state index contributed by atoms with van der Waals surface area (Å²) in [5, 5.41) is 14.4. The minimum atomic E-state index is -0.591. The summed E-state index contributed by atoms with van der Waals surface area (Å²) in [5.74, 6) is 0.644. The maximum Gasteiger partial charge on any atom is 0.107 e. The van der Waals surface area contributed by atoms with Gasteiger partial charge in [0.2, 0.25) is 0 Å². The topological polar surface area (TPSA) is 38.0 Å². The second-order valence-electron chi connectivity index (χ2n) is 4.08. The first kappa shape index (κ1) is 8.75. The molecule has 1 saturated carbocycles. The van der Waals surface area contributed by atoms with Gasteiger partial charge < -0.3 is 5.11 Å². The Morgan fingerprint density at radius 2 is 2.38 bits per heavy atom. The van der Waals surface area contributed by atoms with Gasteiger partial charge in [-0.05, 0) is 31.7 Å². The molecule has 2 rings (SSSR count). The first-order chi connectivity index (χ1) is 6.15. The number of aryl methyl sites for hydroxylation is 1. The van der Waals surface area contributed by atoms with E-state index < -0.39 is 5.60 Å². The van der Waals surface area contributed by atoms with Crippen LogP contribution in [0.3, 0.4) is 0 Å². The van der Waals surface area contributed by atoms with Gasteiger partial charge in [0, 0.05) is 12.7 Å². The summed E-state index contributed by atoms with van der Waals surface area (Å²) in [4.78, 5) is 0. The van der Waals surface area contributed by atoms with Crippen molar-refractivity contribution in [1.29, 1.82) is 0 Å². The van der Waals surface area contributed by atoms with E-state index in [4.69, 9.17) is 0 Å². The maximum atomic E-state index is 10.2. The number of aliphatic hydroxyl groups is 1. The Balaban J connectivity index is 2.25. The fourth-order valence-electron chi connectivity index (χ4n) is 2.28. The van der Waals surface area contributed by atoms with Gasteiger partial charge in [-0.25, -0.2) is 0 Å². The number of rotatable bonds is 2. The van der Waals surface area contributed by atoms with E-state index in [1.165, 1.54) is 0 Å². The minimum absolute atomic E-state index is 0.591. The van der Waals surface area contributed by atoms with Crippen molar-refractivity contribution in [3.8, 4) is 0 Å². The molecule has 0 unspecified atom stereocenters. The molecule has 0 saturated heterocycles. The Morgan fingerprint density at radius 3 is 2.92 bits per heavy atom. The Bertz CT molecular complexity index is 300. The normalized spacial score (nSPS) is 33.0. The zero-order chi connectivity index (χ0) is 9.47. The average Bonchev–Trinajstić information content (AvgIpc) is 2.48. The Labute approximate surface area is 78.4 Å². The molecule has 1 aliphatic carbocycles. The van der Waals surface area contributed by atoms with Crippen molar-refractivity contribution < 1.29 is 5.11 Å². The highest BCUT2D eigenvalue weighted by molar-refractivity contribution is 5.16. The molecule has 0 spiro atoms. The van der Waals surface area contributed by atoms with Crippen molar-refractivity contribution >= 4 is 0 Å². The van der Waals surface area contributed by atoms with Crippen LogP contribution in [0.4, 0.5) is 0 Å². The van der Waals surface area contributed by atoms with Crippen molar-refractivity contribution in [2.75, 3.05) is 0 Å². The molecular formula is C10H16N2O. The van der Waals surface area contributed by atoms with Gasteiger partial charge in [-0.15, -0.1) is 0 Å². The summed E-state index contributed by atoms with van der Waals surface area (Å²) in [6.07, 6.45) is 3.51. The molecule has 1 fully saturated rings. The average molecular weight is 180 g/mol. The summed E-state index contributed by atoms with van der Waals surface area (Å²) in [6.45, 7) is 5.04. The van der Waals surface area contributed by atoms with Gasteiger partial charge in [0.25, 0.3) is 0 Å². The van der Waals surface area contributed by atoms with Crippen LogP contribution in [0.25, 0.3) is 0 Å². The quantitative estimate of drug-likeness (QED) is 0.749.